The average molecular weight is 590 g/mol. The van der Waals surface area contributed by atoms with Gasteiger partial charge < -0.3 is 20.1 Å². The number of rotatable bonds is 9. The number of nitrogens with one attached hydrogen (secondary N) is 1. The third kappa shape index (κ3) is 6.51. The van der Waals surface area contributed by atoms with Crippen molar-refractivity contribution in [3.05, 3.63) is 41.3 Å². The number of amides is 2. The lowest BCUT2D eigenvalue weighted by molar-refractivity contribution is -0.163. The Bertz CT molecular complexity index is 1140. The van der Waals surface area contributed by atoms with Gasteiger partial charge in [0.05, 0.1) is 12.7 Å². The molecule has 1 spiro atoms. The fourth-order valence-corrected chi connectivity index (χ4v) is 7.68. The van der Waals surface area contributed by atoms with Gasteiger partial charge >= 0.3 is 0 Å². The van der Waals surface area contributed by atoms with Crippen LogP contribution < -0.4 is 10.1 Å². The zero-order valence-electron chi connectivity index (χ0n) is 23.8. The molecule has 1 saturated carbocycles. The maximum Gasteiger partial charge on any atom is 0.246 e. The number of piperazine rings is 1. The van der Waals surface area contributed by atoms with Crippen molar-refractivity contribution < 1.29 is 19.4 Å². The van der Waals surface area contributed by atoms with Gasteiger partial charge in [-0.15, -0.1) is 23.7 Å². The number of nitrogens with zero attached hydrogens (tertiary/aromatic N) is 2. The number of piperidine rings is 1. The van der Waals surface area contributed by atoms with Crippen LogP contribution in [0.3, 0.4) is 0 Å². The van der Waals surface area contributed by atoms with Crippen LogP contribution in [0.1, 0.15) is 76.0 Å². The van der Waals surface area contributed by atoms with Crippen LogP contribution in [0.2, 0.25) is 0 Å². The SMILES string of the molecule is CCCCN1C(=O)[C@@H](CC2(O)CCCCC2)NC(=O)C12CCN(Cc1ccc(-c3ccc(OC)cc3)s1)CC2.Cl. The van der Waals surface area contributed by atoms with Gasteiger partial charge in [0.2, 0.25) is 11.8 Å². The average Bonchev–Trinajstić information content (AvgIpc) is 3.41. The van der Waals surface area contributed by atoms with E-state index in [-0.39, 0.29) is 24.2 Å². The molecule has 3 heterocycles. The zero-order valence-corrected chi connectivity index (χ0v) is 25.5. The number of methoxy groups -OCH3 is 1. The molecule has 40 heavy (non-hydrogen) atoms. The lowest BCUT2D eigenvalue weighted by Gasteiger charge is -2.52. The number of thiophene rings is 1. The van der Waals surface area contributed by atoms with E-state index < -0.39 is 17.2 Å². The second-order valence-corrected chi connectivity index (χ2v) is 12.8. The standard InChI is InChI=1S/C31H43N3O4S.ClH/c1-3-4-18-34-28(35)26(21-30(37)14-6-5-7-15-30)32-29(36)31(34)16-19-33(20-17-31)22-25-12-13-27(39-25)23-8-10-24(38-2)11-9-23;/h8-13,26,37H,3-7,14-22H2,1-2H3,(H,32,36);1H/t26-;/m1./s1. The lowest BCUT2D eigenvalue weighted by atomic mass is 9.77. The van der Waals surface area contributed by atoms with Crippen LogP contribution in [-0.2, 0) is 16.1 Å². The minimum atomic E-state index is -0.846. The monoisotopic (exact) mass is 589 g/mol. The maximum absolute atomic E-state index is 13.8. The topological polar surface area (TPSA) is 82.1 Å². The van der Waals surface area contributed by atoms with Crippen molar-refractivity contribution in [3.63, 3.8) is 0 Å². The molecule has 1 aliphatic carbocycles. The van der Waals surface area contributed by atoms with Crippen molar-refractivity contribution >= 4 is 35.6 Å². The normalized spacial score (nSPS) is 22.6. The molecule has 2 aliphatic heterocycles. The molecule has 2 aromatic rings. The van der Waals surface area contributed by atoms with Crippen LogP contribution in [0.5, 0.6) is 5.75 Å². The van der Waals surface area contributed by atoms with Gasteiger partial charge in [-0.05, 0) is 74.1 Å². The Kier molecular flexibility index (Phi) is 10.2. The first-order valence-corrected chi connectivity index (χ1v) is 15.5. The van der Waals surface area contributed by atoms with E-state index in [1.807, 2.05) is 17.0 Å². The third-order valence-corrected chi connectivity index (χ3v) is 10.1. The highest BCUT2D eigenvalue weighted by Crippen LogP contribution is 2.38. The molecule has 0 radical (unpaired) electrons. The third-order valence-electron chi connectivity index (χ3n) is 9.01. The number of carbonyl (C=O) groups is 2. The number of halogens is 1. The van der Waals surface area contributed by atoms with E-state index in [1.165, 1.54) is 15.3 Å². The van der Waals surface area contributed by atoms with E-state index in [4.69, 9.17) is 4.74 Å². The summed E-state index contributed by atoms with van der Waals surface area (Å²) in [6, 6.07) is 11.9. The Morgan fingerprint density at radius 1 is 1.02 bits per heavy atom. The van der Waals surface area contributed by atoms with Crippen LogP contribution in [0, 0.1) is 0 Å². The molecule has 3 fully saturated rings. The van der Waals surface area contributed by atoms with Gasteiger partial charge in [0, 0.05) is 42.4 Å². The smallest absolute Gasteiger partial charge is 0.246 e. The molecule has 2 N–H and O–H groups in total. The van der Waals surface area contributed by atoms with Gasteiger partial charge in [0.15, 0.2) is 0 Å². The van der Waals surface area contributed by atoms with Crippen molar-refractivity contribution in [1.29, 1.82) is 0 Å². The summed E-state index contributed by atoms with van der Waals surface area (Å²) >= 11 is 1.80. The molecule has 0 unspecified atom stereocenters. The van der Waals surface area contributed by atoms with Crippen molar-refractivity contribution in [2.75, 3.05) is 26.7 Å². The lowest BCUT2D eigenvalue weighted by Crippen LogP contribution is -2.73. The van der Waals surface area contributed by atoms with Crippen LogP contribution >= 0.6 is 23.7 Å². The van der Waals surface area contributed by atoms with Crippen LogP contribution in [0.15, 0.2) is 36.4 Å². The molecule has 1 aromatic carbocycles. The summed E-state index contributed by atoms with van der Waals surface area (Å²) in [5, 5.41) is 14.2. The highest BCUT2D eigenvalue weighted by atomic mass is 35.5. The number of hydrogen-bond acceptors (Lipinski definition) is 6. The molecular formula is C31H44ClN3O4S. The summed E-state index contributed by atoms with van der Waals surface area (Å²) in [6.45, 7) is 5.11. The predicted octanol–water partition coefficient (Wildman–Crippen LogP) is 5.39. The van der Waals surface area contributed by atoms with Crippen molar-refractivity contribution in [2.45, 2.75) is 94.9 Å². The molecule has 5 rings (SSSR count). The molecule has 2 saturated heterocycles. The second kappa shape index (κ2) is 13.2. The summed E-state index contributed by atoms with van der Waals surface area (Å²) in [4.78, 5) is 34.3. The first-order valence-electron chi connectivity index (χ1n) is 14.7. The van der Waals surface area contributed by atoms with E-state index in [1.54, 1.807) is 18.4 Å². The largest absolute Gasteiger partial charge is 0.497 e. The van der Waals surface area contributed by atoms with E-state index >= 15 is 0 Å². The Balaban J connectivity index is 0.00000370. The molecule has 0 bridgehead atoms. The number of hydrogen-bond donors (Lipinski definition) is 2. The molecule has 7 nitrogen and oxygen atoms in total. The van der Waals surface area contributed by atoms with E-state index in [0.717, 1.165) is 57.5 Å². The van der Waals surface area contributed by atoms with Gasteiger partial charge in [0.25, 0.3) is 0 Å². The van der Waals surface area contributed by atoms with Gasteiger partial charge in [0.1, 0.15) is 17.3 Å². The summed E-state index contributed by atoms with van der Waals surface area (Å²) in [5.74, 6) is 0.824. The van der Waals surface area contributed by atoms with Gasteiger partial charge in [-0.25, -0.2) is 0 Å². The molecule has 3 aliphatic rings. The number of aliphatic hydroxyl groups is 1. The van der Waals surface area contributed by atoms with Crippen molar-refractivity contribution in [3.8, 4) is 16.2 Å². The van der Waals surface area contributed by atoms with Gasteiger partial charge in [-0.3, -0.25) is 14.5 Å². The van der Waals surface area contributed by atoms with Crippen LogP contribution in [0.25, 0.3) is 10.4 Å². The highest BCUT2D eigenvalue weighted by molar-refractivity contribution is 7.15. The molecule has 220 valence electrons. The van der Waals surface area contributed by atoms with Gasteiger partial charge in [-0.2, -0.15) is 0 Å². The fourth-order valence-electron chi connectivity index (χ4n) is 6.62. The summed E-state index contributed by atoms with van der Waals surface area (Å²) < 4.78 is 5.28. The molecule has 2 amide bonds. The Morgan fingerprint density at radius 2 is 1.73 bits per heavy atom. The Labute approximate surface area is 248 Å². The predicted molar refractivity (Wildman–Crippen MR) is 162 cm³/mol. The molecule has 1 aromatic heterocycles. The molecule has 1 atom stereocenters. The number of ether oxygens (including phenoxy) is 1. The Hall–Kier alpha value is -2.13. The molecular weight excluding hydrogens is 546 g/mol. The first-order chi connectivity index (χ1) is 18.9. The van der Waals surface area contributed by atoms with Gasteiger partial charge in [-0.1, -0.05) is 32.6 Å². The van der Waals surface area contributed by atoms with Crippen molar-refractivity contribution in [2.24, 2.45) is 0 Å². The van der Waals surface area contributed by atoms with Crippen molar-refractivity contribution in [1.82, 2.24) is 15.1 Å². The maximum atomic E-state index is 13.8. The van der Waals surface area contributed by atoms with Crippen LogP contribution in [-0.4, -0.2) is 70.6 Å². The number of likely N-dealkylation sites (tertiary alicyclic amines) is 1. The minimum Gasteiger partial charge on any atom is -0.497 e. The van der Waals surface area contributed by atoms with E-state index in [9.17, 15) is 14.7 Å². The zero-order chi connectivity index (χ0) is 27.5. The quantitative estimate of drug-likeness (QED) is 0.410. The van der Waals surface area contributed by atoms with E-state index in [2.05, 4.69) is 41.4 Å². The summed E-state index contributed by atoms with van der Waals surface area (Å²) in [6.07, 6.45) is 7.98. The summed E-state index contributed by atoms with van der Waals surface area (Å²) in [7, 11) is 1.68. The first kappa shape index (κ1) is 30.8. The Morgan fingerprint density at radius 3 is 2.38 bits per heavy atom. The minimum absolute atomic E-state index is 0. The van der Waals surface area contributed by atoms with Crippen LogP contribution in [0.4, 0.5) is 0 Å². The number of benzene rings is 1. The number of unbranched alkanes of at least 4 members (excludes halogenated alkanes) is 1. The molecule has 9 heteroatoms. The second-order valence-electron chi connectivity index (χ2n) is 11.7. The summed E-state index contributed by atoms with van der Waals surface area (Å²) in [5.41, 5.74) is -0.444. The van der Waals surface area contributed by atoms with E-state index in [0.29, 0.717) is 38.6 Å². The highest BCUT2D eigenvalue weighted by Gasteiger charge is 2.54. The fraction of sp³-hybridized carbons (Fsp3) is 0.613. The number of carbonyl (C=O) groups excluding carboxylic acids is 2.